The summed E-state index contributed by atoms with van der Waals surface area (Å²) in [6.45, 7) is 8.69. The van der Waals surface area contributed by atoms with Gasteiger partial charge in [-0.15, -0.1) is 0 Å². The van der Waals surface area contributed by atoms with Crippen LogP contribution in [0, 0.1) is 0 Å². The van der Waals surface area contributed by atoms with E-state index in [1.165, 1.54) is 25.2 Å². The highest BCUT2D eigenvalue weighted by molar-refractivity contribution is 6.52. The molecule has 0 spiro atoms. The highest BCUT2D eigenvalue weighted by Gasteiger charge is 2.48. The van der Waals surface area contributed by atoms with Crippen LogP contribution in [-0.2, 0) is 15.0 Å². The molecule has 1 aliphatic heterocycles. The minimum Gasteiger partial charge on any atom is -0.507 e. The Kier molecular flexibility index (Phi) is 8.90. The second-order valence-electron chi connectivity index (χ2n) is 10.6. The van der Waals surface area contributed by atoms with Gasteiger partial charge in [0.1, 0.15) is 16.5 Å². The van der Waals surface area contributed by atoms with Crippen molar-refractivity contribution in [3.8, 4) is 17.2 Å². The van der Waals surface area contributed by atoms with Crippen LogP contribution in [0.25, 0.3) is 5.76 Å². The zero-order chi connectivity index (χ0) is 30.1. The molecule has 1 amide bonds. The number of methoxy groups -OCH3 is 2. The average molecular weight is 599 g/mol. The number of para-hydroxylation sites is 2. The number of anilines is 1. The van der Waals surface area contributed by atoms with Crippen molar-refractivity contribution in [2.75, 3.05) is 25.7 Å². The number of aliphatic hydroxyl groups excluding tert-OH is 1. The van der Waals surface area contributed by atoms with E-state index in [9.17, 15) is 14.7 Å². The summed E-state index contributed by atoms with van der Waals surface area (Å²) in [7, 11) is 2.77. The first kappa shape index (κ1) is 30.3. The molecule has 0 radical (unpaired) electrons. The maximum absolute atomic E-state index is 13.8. The Bertz CT molecular complexity index is 1510. The molecular weight excluding hydrogens is 565 g/mol. The normalized spacial score (nSPS) is 16.7. The molecule has 7 nitrogen and oxygen atoms in total. The van der Waals surface area contributed by atoms with Crippen molar-refractivity contribution in [1.82, 2.24) is 0 Å². The molecule has 1 unspecified atom stereocenters. The van der Waals surface area contributed by atoms with Gasteiger partial charge in [0.05, 0.1) is 48.7 Å². The number of benzene rings is 3. The molecule has 1 aliphatic rings. The summed E-state index contributed by atoms with van der Waals surface area (Å²) in [4.78, 5) is 28.9. The van der Waals surface area contributed by atoms with Crippen molar-refractivity contribution < 1.29 is 28.9 Å². The van der Waals surface area contributed by atoms with Crippen LogP contribution in [0.1, 0.15) is 56.8 Å². The summed E-state index contributed by atoms with van der Waals surface area (Å²) < 4.78 is 16.7. The first-order chi connectivity index (χ1) is 19.5. The molecule has 1 heterocycles. The first-order valence-electron chi connectivity index (χ1n) is 13.2. The molecule has 3 aromatic rings. The van der Waals surface area contributed by atoms with E-state index in [1.54, 1.807) is 24.3 Å². The summed E-state index contributed by atoms with van der Waals surface area (Å²) in [5.41, 5.74) is 1.89. The number of carbonyl (C=O) groups is 2. The third kappa shape index (κ3) is 5.61. The van der Waals surface area contributed by atoms with Gasteiger partial charge in [0.2, 0.25) is 0 Å². The van der Waals surface area contributed by atoms with Crippen LogP contribution in [0.2, 0.25) is 10.0 Å². The highest BCUT2D eigenvalue weighted by Crippen LogP contribution is 2.49. The Balaban J connectivity index is 2.01. The van der Waals surface area contributed by atoms with Crippen molar-refractivity contribution in [3.05, 3.63) is 86.9 Å². The van der Waals surface area contributed by atoms with Gasteiger partial charge < -0.3 is 19.3 Å². The monoisotopic (exact) mass is 597 g/mol. The quantitative estimate of drug-likeness (QED) is 0.162. The predicted molar refractivity (Wildman–Crippen MR) is 162 cm³/mol. The van der Waals surface area contributed by atoms with E-state index in [-0.39, 0.29) is 38.1 Å². The molecule has 0 bridgehead atoms. The molecule has 1 atom stereocenters. The summed E-state index contributed by atoms with van der Waals surface area (Å²) in [5, 5.41) is 11.8. The molecule has 9 heteroatoms. The van der Waals surface area contributed by atoms with Crippen LogP contribution in [0.5, 0.6) is 17.2 Å². The minimum atomic E-state index is -0.986. The molecule has 1 fully saturated rings. The Hall–Kier alpha value is -3.68. The van der Waals surface area contributed by atoms with Gasteiger partial charge in [0.25, 0.3) is 11.7 Å². The fourth-order valence-electron chi connectivity index (χ4n) is 4.84. The maximum Gasteiger partial charge on any atom is 0.300 e. The van der Waals surface area contributed by atoms with Gasteiger partial charge >= 0.3 is 0 Å². The SMILES string of the molecule is CCCOc1ccccc1N1C(=O)C(=O)/C(=C(/O)c2cc(Cl)c(OC)c(Cl)c2OC)C1c1ccc(C(C)(C)C)cc1. The minimum absolute atomic E-state index is 0.0164. The third-order valence-electron chi connectivity index (χ3n) is 6.92. The number of nitrogens with zero attached hydrogens (tertiary/aromatic N) is 1. The summed E-state index contributed by atoms with van der Waals surface area (Å²) in [5.74, 6) is -1.52. The van der Waals surface area contributed by atoms with Crippen LogP contribution >= 0.6 is 23.2 Å². The van der Waals surface area contributed by atoms with E-state index in [4.69, 9.17) is 37.4 Å². The maximum atomic E-state index is 13.8. The number of hydrogen-bond donors (Lipinski definition) is 1. The zero-order valence-corrected chi connectivity index (χ0v) is 25.4. The number of Topliss-reactive ketones (excluding diaryl/α,β-unsaturated/α-hetero) is 1. The topological polar surface area (TPSA) is 85.3 Å². The number of halogens is 2. The second-order valence-corrected chi connectivity index (χ2v) is 11.4. The summed E-state index contributed by atoms with van der Waals surface area (Å²) in [6, 6.07) is 15.1. The van der Waals surface area contributed by atoms with Gasteiger partial charge in [0, 0.05) is 0 Å². The molecule has 3 aromatic carbocycles. The molecule has 1 N–H and O–H groups in total. The van der Waals surface area contributed by atoms with Crippen molar-refractivity contribution >= 4 is 46.3 Å². The Morgan fingerprint density at radius 1 is 0.976 bits per heavy atom. The van der Waals surface area contributed by atoms with Crippen molar-refractivity contribution in [2.45, 2.75) is 45.6 Å². The summed E-state index contributed by atoms with van der Waals surface area (Å²) >= 11 is 12.9. The van der Waals surface area contributed by atoms with Gasteiger partial charge in [-0.25, -0.2) is 0 Å². The Labute approximate surface area is 250 Å². The van der Waals surface area contributed by atoms with Crippen molar-refractivity contribution in [2.24, 2.45) is 0 Å². The lowest BCUT2D eigenvalue weighted by molar-refractivity contribution is -0.132. The number of carbonyl (C=O) groups excluding carboxylic acids is 2. The number of rotatable bonds is 8. The zero-order valence-electron chi connectivity index (χ0n) is 23.9. The smallest absolute Gasteiger partial charge is 0.300 e. The van der Waals surface area contributed by atoms with E-state index in [0.29, 0.717) is 23.6 Å². The molecule has 0 saturated carbocycles. The number of amides is 1. The van der Waals surface area contributed by atoms with E-state index >= 15 is 0 Å². The predicted octanol–water partition coefficient (Wildman–Crippen LogP) is 7.72. The van der Waals surface area contributed by atoms with E-state index in [2.05, 4.69) is 20.8 Å². The highest BCUT2D eigenvalue weighted by atomic mass is 35.5. The molecule has 216 valence electrons. The number of ether oxygens (including phenoxy) is 3. The third-order valence-corrected chi connectivity index (χ3v) is 7.54. The number of aliphatic hydroxyl groups is 1. The van der Waals surface area contributed by atoms with Gasteiger partial charge in [-0.3, -0.25) is 14.5 Å². The van der Waals surface area contributed by atoms with Crippen LogP contribution in [0.3, 0.4) is 0 Å². The van der Waals surface area contributed by atoms with Crippen molar-refractivity contribution in [1.29, 1.82) is 0 Å². The Morgan fingerprint density at radius 3 is 2.20 bits per heavy atom. The van der Waals surface area contributed by atoms with Crippen LogP contribution < -0.4 is 19.1 Å². The molecule has 0 aromatic heterocycles. The van der Waals surface area contributed by atoms with Crippen LogP contribution in [0.15, 0.2) is 60.2 Å². The van der Waals surface area contributed by atoms with Gasteiger partial charge in [-0.05, 0) is 41.2 Å². The number of ketones is 1. The Morgan fingerprint density at radius 2 is 1.61 bits per heavy atom. The van der Waals surface area contributed by atoms with E-state index in [1.807, 2.05) is 31.2 Å². The lowest BCUT2D eigenvalue weighted by Crippen LogP contribution is -2.30. The second kappa shape index (κ2) is 12.0. The van der Waals surface area contributed by atoms with Gasteiger partial charge in [-0.2, -0.15) is 0 Å². The van der Waals surface area contributed by atoms with Gasteiger partial charge in [0.15, 0.2) is 11.5 Å². The lowest BCUT2D eigenvalue weighted by atomic mass is 9.85. The average Bonchev–Trinajstić information content (AvgIpc) is 3.21. The molecule has 1 saturated heterocycles. The van der Waals surface area contributed by atoms with Gasteiger partial charge in [-0.1, -0.05) is 87.3 Å². The standard InChI is InChI=1S/C32H33Cl2NO6/c1-7-16-41-23-11-9-8-10-22(23)35-26(18-12-14-19(15-13-18)32(2,3)4)24(28(37)31(35)38)27(36)20-17-21(33)30(40-6)25(34)29(20)39-5/h8-15,17,26,36H,7,16H2,1-6H3/b27-24+. The molecule has 4 rings (SSSR count). The summed E-state index contributed by atoms with van der Waals surface area (Å²) in [6.07, 6.45) is 0.754. The molecule has 41 heavy (non-hydrogen) atoms. The fraction of sp³-hybridized carbons (Fsp3) is 0.312. The largest absolute Gasteiger partial charge is 0.507 e. The first-order valence-corrected chi connectivity index (χ1v) is 13.9. The molecule has 0 aliphatic carbocycles. The lowest BCUT2D eigenvalue weighted by Gasteiger charge is -2.28. The molecular formula is C32H33Cl2NO6. The van der Waals surface area contributed by atoms with E-state index < -0.39 is 23.5 Å². The van der Waals surface area contributed by atoms with Crippen molar-refractivity contribution in [3.63, 3.8) is 0 Å². The fourth-order valence-corrected chi connectivity index (χ4v) is 5.53. The number of hydrogen-bond acceptors (Lipinski definition) is 6. The van der Waals surface area contributed by atoms with Crippen LogP contribution in [0.4, 0.5) is 5.69 Å². The van der Waals surface area contributed by atoms with Crippen LogP contribution in [-0.4, -0.2) is 37.6 Å². The van der Waals surface area contributed by atoms with E-state index in [0.717, 1.165) is 12.0 Å².